The molecular weight excluding hydrogens is 264 g/mol. The molecule has 5 nitrogen and oxygen atoms in total. The van der Waals surface area contributed by atoms with E-state index < -0.39 is 0 Å². The largest absolute Gasteiger partial charge is 0.497 e. The van der Waals surface area contributed by atoms with Crippen LogP contribution in [0, 0.1) is 13.8 Å². The van der Waals surface area contributed by atoms with E-state index in [-0.39, 0.29) is 0 Å². The predicted octanol–water partition coefficient (Wildman–Crippen LogP) is 2.63. The smallest absolute Gasteiger partial charge is 0.193 e. The number of anilines is 1. The summed E-state index contributed by atoms with van der Waals surface area (Å²) in [5.74, 6) is 1.16. The van der Waals surface area contributed by atoms with Crippen LogP contribution in [-0.4, -0.2) is 18.1 Å². The van der Waals surface area contributed by atoms with Crippen molar-refractivity contribution < 1.29 is 4.74 Å². The van der Waals surface area contributed by atoms with Crippen LogP contribution in [0.5, 0.6) is 5.75 Å². The van der Waals surface area contributed by atoms with E-state index in [0.717, 1.165) is 22.8 Å². The van der Waals surface area contributed by atoms with Crippen molar-refractivity contribution in [1.29, 1.82) is 0 Å². The molecule has 1 aromatic heterocycles. The molecule has 0 saturated carbocycles. The van der Waals surface area contributed by atoms with E-state index in [1.807, 2.05) is 50.2 Å². The lowest BCUT2D eigenvalue weighted by Crippen LogP contribution is -2.22. The number of benzene rings is 1. The van der Waals surface area contributed by atoms with Gasteiger partial charge in [-0.2, -0.15) is 0 Å². The minimum absolute atomic E-state index is 0.361. The maximum Gasteiger partial charge on any atom is 0.193 e. The average molecular weight is 284 g/mol. The highest BCUT2D eigenvalue weighted by Gasteiger charge is 1.99. The summed E-state index contributed by atoms with van der Waals surface area (Å²) in [7, 11) is 1.63. The number of hydrogen-bond acceptors (Lipinski definition) is 3. The molecule has 1 aromatic carbocycles. The van der Waals surface area contributed by atoms with Gasteiger partial charge >= 0.3 is 0 Å². The number of ether oxygens (including phenoxy) is 1. The van der Waals surface area contributed by atoms with Gasteiger partial charge in [0.05, 0.1) is 19.3 Å². The molecule has 0 spiro atoms. The molecule has 21 heavy (non-hydrogen) atoms. The Morgan fingerprint density at radius 3 is 2.52 bits per heavy atom. The molecule has 0 aliphatic rings. The molecule has 2 rings (SSSR count). The lowest BCUT2D eigenvalue weighted by atomic mass is 10.2. The quantitative estimate of drug-likeness (QED) is 0.668. The van der Waals surface area contributed by atoms with Gasteiger partial charge in [0.25, 0.3) is 0 Å². The van der Waals surface area contributed by atoms with Gasteiger partial charge < -0.3 is 15.8 Å². The van der Waals surface area contributed by atoms with Crippen molar-refractivity contribution in [3.63, 3.8) is 0 Å². The van der Waals surface area contributed by atoms with Gasteiger partial charge in [0.1, 0.15) is 5.75 Å². The number of aromatic nitrogens is 1. The third kappa shape index (κ3) is 4.21. The van der Waals surface area contributed by atoms with Crippen LogP contribution in [0.4, 0.5) is 5.69 Å². The second-order valence-corrected chi connectivity index (χ2v) is 4.76. The van der Waals surface area contributed by atoms with Crippen LogP contribution in [0.1, 0.15) is 17.0 Å². The molecule has 2 aromatic rings. The number of pyridine rings is 1. The van der Waals surface area contributed by atoms with Gasteiger partial charge in [0.2, 0.25) is 0 Å². The van der Waals surface area contributed by atoms with Crippen molar-refractivity contribution >= 4 is 11.6 Å². The fraction of sp³-hybridized carbons (Fsp3) is 0.250. The molecule has 0 saturated heterocycles. The molecule has 5 heteroatoms. The Morgan fingerprint density at radius 2 is 1.90 bits per heavy atom. The Labute approximate surface area is 124 Å². The van der Waals surface area contributed by atoms with Crippen molar-refractivity contribution in [1.82, 2.24) is 4.98 Å². The monoisotopic (exact) mass is 284 g/mol. The van der Waals surface area contributed by atoms with E-state index in [9.17, 15) is 0 Å². The summed E-state index contributed by atoms with van der Waals surface area (Å²) < 4.78 is 5.10. The van der Waals surface area contributed by atoms with Crippen molar-refractivity contribution in [2.45, 2.75) is 20.4 Å². The maximum absolute atomic E-state index is 5.87. The normalized spacial score (nSPS) is 11.3. The highest BCUT2D eigenvalue weighted by molar-refractivity contribution is 5.92. The van der Waals surface area contributed by atoms with Crippen LogP contribution >= 0.6 is 0 Å². The molecule has 0 radical (unpaired) electrons. The first-order valence-electron chi connectivity index (χ1n) is 6.72. The van der Waals surface area contributed by atoms with Crippen LogP contribution in [0.3, 0.4) is 0 Å². The molecule has 110 valence electrons. The summed E-state index contributed by atoms with van der Waals surface area (Å²) in [6, 6.07) is 11.5. The molecule has 0 bridgehead atoms. The van der Waals surface area contributed by atoms with E-state index >= 15 is 0 Å². The minimum atomic E-state index is 0.361. The first-order valence-corrected chi connectivity index (χ1v) is 6.72. The average Bonchev–Trinajstić information content (AvgIpc) is 2.49. The predicted molar refractivity (Wildman–Crippen MR) is 85.7 cm³/mol. The summed E-state index contributed by atoms with van der Waals surface area (Å²) in [5, 5.41) is 3.03. The highest BCUT2D eigenvalue weighted by Crippen LogP contribution is 2.14. The summed E-state index contributed by atoms with van der Waals surface area (Å²) in [6.07, 6.45) is 0. The molecule has 0 aliphatic carbocycles. The zero-order chi connectivity index (χ0) is 15.2. The van der Waals surface area contributed by atoms with Crippen LogP contribution in [0.15, 0.2) is 41.4 Å². The Bertz CT molecular complexity index is 635. The zero-order valence-electron chi connectivity index (χ0n) is 12.6. The van der Waals surface area contributed by atoms with Crippen LogP contribution in [-0.2, 0) is 6.54 Å². The van der Waals surface area contributed by atoms with Crippen LogP contribution < -0.4 is 15.8 Å². The summed E-state index contributed by atoms with van der Waals surface area (Å²) >= 11 is 0. The molecular formula is C16H20N4O. The number of aliphatic imine (C=N–C) groups is 1. The Hall–Kier alpha value is -2.56. The second-order valence-electron chi connectivity index (χ2n) is 4.76. The number of guanidine groups is 1. The number of aryl methyl sites for hydroxylation is 2. The summed E-state index contributed by atoms with van der Waals surface area (Å²) in [4.78, 5) is 8.76. The van der Waals surface area contributed by atoms with Gasteiger partial charge in [-0.15, -0.1) is 0 Å². The van der Waals surface area contributed by atoms with Gasteiger partial charge in [-0.05, 0) is 49.7 Å². The zero-order valence-corrected chi connectivity index (χ0v) is 12.6. The molecule has 3 N–H and O–H groups in total. The number of nitrogens with zero attached hydrogens (tertiary/aromatic N) is 2. The summed E-state index contributed by atoms with van der Waals surface area (Å²) in [5.41, 5.74) is 9.83. The van der Waals surface area contributed by atoms with Gasteiger partial charge in [-0.3, -0.25) is 4.98 Å². The van der Waals surface area contributed by atoms with Crippen molar-refractivity contribution in [2.24, 2.45) is 10.7 Å². The fourth-order valence-electron chi connectivity index (χ4n) is 1.80. The number of rotatable bonds is 4. The summed E-state index contributed by atoms with van der Waals surface area (Å²) in [6.45, 7) is 4.48. The SMILES string of the molecule is COc1ccc(NC(N)=NCc2ccc(C)c(C)n2)cc1. The number of methoxy groups -OCH3 is 1. The van der Waals surface area contributed by atoms with E-state index in [1.54, 1.807) is 7.11 Å². The molecule has 0 amide bonds. The van der Waals surface area contributed by atoms with Crippen molar-refractivity contribution in [2.75, 3.05) is 12.4 Å². The highest BCUT2D eigenvalue weighted by atomic mass is 16.5. The van der Waals surface area contributed by atoms with Gasteiger partial charge in [0, 0.05) is 11.4 Å². The van der Waals surface area contributed by atoms with Gasteiger partial charge in [0.15, 0.2) is 5.96 Å². The lowest BCUT2D eigenvalue weighted by Gasteiger charge is -2.07. The topological polar surface area (TPSA) is 72.5 Å². The van der Waals surface area contributed by atoms with Crippen molar-refractivity contribution in [3.05, 3.63) is 53.3 Å². The Balaban J connectivity index is 1.98. The Kier molecular flexibility index (Phi) is 4.77. The maximum atomic E-state index is 5.87. The molecule has 0 fully saturated rings. The number of nitrogens with two attached hydrogens (primary N) is 1. The second kappa shape index (κ2) is 6.74. The lowest BCUT2D eigenvalue weighted by molar-refractivity contribution is 0.415. The third-order valence-corrected chi connectivity index (χ3v) is 3.18. The number of hydrogen-bond donors (Lipinski definition) is 2. The molecule has 0 atom stereocenters. The third-order valence-electron chi connectivity index (χ3n) is 3.18. The van der Waals surface area contributed by atoms with E-state index in [0.29, 0.717) is 12.5 Å². The first-order chi connectivity index (χ1) is 10.1. The van der Waals surface area contributed by atoms with E-state index in [1.165, 1.54) is 5.56 Å². The van der Waals surface area contributed by atoms with E-state index in [2.05, 4.69) is 15.3 Å². The minimum Gasteiger partial charge on any atom is -0.497 e. The van der Waals surface area contributed by atoms with Gasteiger partial charge in [-0.1, -0.05) is 6.07 Å². The van der Waals surface area contributed by atoms with E-state index in [4.69, 9.17) is 10.5 Å². The van der Waals surface area contributed by atoms with Crippen LogP contribution in [0.25, 0.3) is 0 Å². The molecule has 0 aliphatic heterocycles. The standard InChI is InChI=1S/C16H20N4O/c1-11-4-5-14(19-12(11)2)10-18-16(17)20-13-6-8-15(21-3)9-7-13/h4-9H,10H2,1-3H3,(H3,17,18,20). The Morgan fingerprint density at radius 1 is 1.19 bits per heavy atom. The molecule has 0 unspecified atom stereocenters. The number of nitrogens with one attached hydrogen (secondary N) is 1. The van der Waals surface area contributed by atoms with Crippen LogP contribution in [0.2, 0.25) is 0 Å². The van der Waals surface area contributed by atoms with Gasteiger partial charge in [-0.25, -0.2) is 4.99 Å². The first kappa shape index (κ1) is 14.8. The fourth-order valence-corrected chi connectivity index (χ4v) is 1.80. The van der Waals surface area contributed by atoms with Crippen molar-refractivity contribution in [3.8, 4) is 5.75 Å². The molecule has 1 heterocycles.